The molecule has 1 aliphatic rings. The molecule has 0 saturated carbocycles. The number of hydrogen-bond donors (Lipinski definition) is 1. The molecule has 0 fully saturated rings. The van der Waals surface area contributed by atoms with Gasteiger partial charge in [-0.3, -0.25) is 0 Å². The molecule has 6 heteroatoms. The summed E-state index contributed by atoms with van der Waals surface area (Å²) in [4.78, 5) is 3.69. The van der Waals surface area contributed by atoms with Gasteiger partial charge in [0, 0.05) is 5.41 Å². The molecule has 0 aliphatic carbocycles. The van der Waals surface area contributed by atoms with Gasteiger partial charge in [-0.05, 0) is 0 Å². The zero-order valence-corrected chi connectivity index (χ0v) is 9.52. The van der Waals surface area contributed by atoms with Gasteiger partial charge in [-0.2, -0.15) is 15.8 Å². The van der Waals surface area contributed by atoms with Crippen molar-refractivity contribution in [1.29, 1.82) is 15.8 Å². The molecule has 0 aromatic carbocycles. The number of aliphatic imine (C=N–C) groups is 1. The van der Waals surface area contributed by atoms with Crippen LogP contribution >= 0.6 is 11.6 Å². The highest BCUT2D eigenvalue weighted by Gasteiger charge is 2.60. The molecule has 1 rings (SSSR count). The number of aliphatic hydroxyl groups is 1. The van der Waals surface area contributed by atoms with Crippen LogP contribution in [0.15, 0.2) is 4.99 Å². The van der Waals surface area contributed by atoms with E-state index in [1.54, 1.807) is 6.07 Å². The topological polar surface area (TPSA) is 104 Å². The number of rotatable bonds is 0. The van der Waals surface area contributed by atoms with Crippen molar-refractivity contribution in [3.8, 4) is 18.2 Å². The predicted molar refractivity (Wildman–Crippen MR) is 55.8 cm³/mol. The first-order valence-electron chi connectivity index (χ1n) is 4.50. The fourth-order valence-corrected chi connectivity index (χ4v) is 2.00. The Morgan fingerprint density at radius 3 is 2.19 bits per heavy atom. The molecule has 0 amide bonds. The summed E-state index contributed by atoms with van der Waals surface area (Å²) >= 11 is 5.71. The maximum absolute atomic E-state index is 9.73. The second-order valence-corrected chi connectivity index (χ2v) is 4.53. The third kappa shape index (κ3) is 1.28. The van der Waals surface area contributed by atoms with Crippen molar-refractivity contribution < 1.29 is 5.11 Å². The van der Waals surface area contributed by atoms with Crippen LogP contribution in [0.25, 0.3) is 0 Å². The van der Waals surface area contributed by atoms with Gasteiger partial charge in [0.2, 0.25) is 0 Å². The Morgan fingerprint density at radius 1 is 1.31 bits per heavy atom. The van der Waals surface area contributed by atoms with Crippen LogP contribution in [0.5, 0.6) is 0 Å². The van der Waals surface area contributed by atoms with Gasteiger partial charge >= 0.3 is 0 Å². The summed E-state index contributed by atoms with van der Waals surface area (Å²) in [5.41, 5.74) is -2.85. The third-order valence-corrected chi connectivity index (χ3v) is 3.38. The van der Waals surface area contributed by atoms with Gasteiger partial charge in [0.05, 0.1) is 18.2 Å². The molecule has 0 aromatic rings. The van der Waals surface area contributed by atoms with E-state index in [4.69, 9.17) is 27.4 Å². The molecule has 0 saturated heterocycles. The van der Waals surface area contributed by atoms with E-state index in [0.717, 1.165) is 0 Å². The number of halogens is 1. The van der Waals surface area contributed by atoms with Gasteiger partial charge in [0.1, 0.15) is 11.1 Å². The first kappa shape index (κ1) is 12.5. The number of aliphatic hydroxyl groups excluding tert-OH is 1. The Balaban J connectivity index is 3.56. The Bertz CT molecular complexity index is 449. The van der Waals surface area contributed by atoms with Gasteiger partial charge < -0.3 is 5.11 Å². The molecule has 5 nitrogen and oxygen atoms in total. The molecule has 1 N–H and O–H groups in total. The average Bonchev–Trinajstić information content (AvgIpc) is 2.23. The molecule has 0 aromatic heterocycles. The first-order valence-corrected chi connectivity index (χ1v) is 4.88. The van der Waals surface area contributed by atoms with Crippen molar-refractivity contribution in [1.82, 2.24) is 0 Å². The van der Waals surface area contributed by atoms with Gasteiger partial charge in [-0.15, -0.1) is 0 Å². The van der Waals surface area contributed by atoms with Gasteiger partial charge in [0.15, 0.2) is 11.6 Å². The molecular weight excluding hydrogens is 228 g/mol. The zero-order valence-electron chi connectivity index (χ0n) is 8.77. The van der Waals surface area contributed by atoms with E-state index in [1.165, 1.54) is 13.8 Å². The van der Waals surface area contributed by atoms with E-state index >= 15 is 0 Å². The summed E-state index contributed by atoms with van der Waals surface area (Å²) in [6, 6.07) is 5.42. The summed E-state index contributed by atoms with van der Waals surface area (Å²) in [7, 11) is 0. The van der Waals surface area contributed by atoms with Gasteiger partial charge in [0.25, 0.3) is 0 Å². The highest BCUT2D eigenvalue weighted by molar-refractivity contribution is 6.66. The molecule has 1 unspecified atom stereocenters. The van der Waals surface area contributed by atoms with E-state index in [-0.39, 0.29) is 5.17 Å². The summed E-state index contributed by atoms with van der Waals surface area (Å²) in [6.45, 7) is 3.03. The van der Waals surface area contributed by atoms with Crippen LogP contribution in [0.3, 0.4) is 0 Å². The maximum atomic E-state index is 9.73. The van der Waals surface area contributed by atoms with Crippen molar-refractivity contribution in [2.45, 2.75) is 20.1 Å². The number of nitrogens with zero attached hydrogens (tertiary/aromatic N) is 4. The van der Waals surface area contributed by atoms with Gasteiger partial charge in [-0.1, -0.05) is 25.4 Å². The fraction of sp³-hybridized carbons (Fsp3) is 0.600. The van der Waals surface area contributed by atoms with Crippen molar-refractivity contribution in [2.24, 2.45) is 21.7 Å². The number of nitriles is 3. The normalized spacial score (nSPS) is 30.4. The van der Waals surface area contributed by atoms with Crippen LogP contribution < -0.4 is 0 Å². The minimum absolute atomic E-state index is 0.197. The van der Waals surface area contributed by atoms with E-state index in [0.29, 0.717) is 0 Å². The van der Waals surface area contributed by atoms with E-state index in [2.05, 4.69) is 4.99 Å². The molecule has 82 valence electrons. The summed E-state index contributed by atoms with van der Waals surface area (Å²) < 4.78 is 0. The summed E-state index contributed by atoms with van der Waals surface area (Å²) in [6.07, 6.45) is -1.27. The van der Waals surface area contributed by atoms with E-state index < -0.39 is 23.0 Å². The average molecular weight is 237 g/mol. The van der Waals surface area contributed by atoms with E-state index in [9.17, 15) is 5.11 Å². The lowest BCUT2D eigenvalue weighted by Crippen LogP contribution is -2.53. The minimum atomic E-state index is -1.69. The monoisotopic (exact) mass is 236 g/mol. The first-order chi connectivity index (χ1) is 7.37. The second kappa shape index (κ2) is 3.76. The molecular formula is C10H9ClN4O. The Hall–Kier alpha value is -1.61. The highest BCUT2D eigenvalue weighted by atomic mass is 35.5. The van der Waals surface area contributed by atoms with Crippen molar-refractivity contribution in [3.05, 3.63) is 0 Å². The molecule has 0 spiro atoms. The lowest BCUT2D eigenvalue weighted by atomic mass is 9.58. The Labute approximate surface area is 98.2 Å². The lowest BCUT2D eigenvalue weighted by Gasteiger charge is -2.43. The van der Waals surface area contributed by atoms with Crippen LogP contribution in [0.4, 0.5) is 0 Å². The molecule has 0 radical (unpaired) electrons. The molecule has 2 atom stereocenters. The molecule has 0 bridgehead atoms. The maximum Gasteiger partial charge on any atom is 0.175 e. The summed E-state index contributed by atoms with van der Waals surface area (Å²) in [5, 5.41) is 36.8. The van der Waals surface area contributed by atoms with E-state index in [1.807, 2.05) is 12.1 Å². The predicted octanol–water partition coefficient (Wildman–Crippen LogP) is 1.16. The highest BCUT2D eigenvalue weighted by Crippen LogP contribution is 2.50. The SMILES string of the molecule is CC1(C)[C@H](O)N=C(Cl)C(C#N)C1(C#N)C#N. The fourth-order valence-electron chi connectivity index (χ4n) is 1.70. The second-order valence-electron chi connectivity index (χ2n) is 4.14. The minimum Gasteiger partial charge on any atom is -0.371 e. The smallest absolute Gasteiger partial charge is 0.175 e. The largest absolute Gasteiger partial charge is 0.371 e. The standard InChI is InChI=1S/C10H9ClN4O/c1-9(2)8(16)15-7(11)6(3-12)10(9,4-13)5-14/h6,8,16H,1-2H3/t6?,8-/m0/s1. The molecule has 1 heterocycles. The van der Waals surface area contributed by atoms with Crippen molar-refractivity contribution in [2.75, 3.05) is 0 Å². The van der Waals surface area contributed by atoms with Crippen LogP contribution in [-0.4, -0.2) is 16.5 Å². The van der Waals surface area contributed by atoms with Gasteiger partial charge in [-0.25, -0.2) is 4.99 Å². The van der Waals surface area contributed by atoms with Crippen LogP contribution in [0, 0.1) is 50.7 Å². The molecule has 16 heavy (non-hydrogen) atoms. The van der Waals surface area contributed by atoms with Crippen LogP contribution in [-0.2, 0) is 0 Å². The quantitative estimate of drug-likeness (QED) is 0.681. The third-order valence-electron chi connectivity index (χ3n) is 3.06. The molecule has 1 aliphatic heterocycles. The lowest BCUT2D eigenvalue weighted by molar-refractivity contribution is -0.0118. The Kier molecular flexibility index (Phi) is 2.93. The number of hydrogen-bond acceptors (Lipinski definition) is 5. The van der Waals surface area contributed by atoms with Crippen molar-refractivity contribution >= 4 is 16.8 Å². The van der Waals surface area contributed by atoms with Crippen LogP contribution in [0.2, 0.25) is 0 Å². The van der Waals surface area contributed by atoms with Crippen molar-refractivity contribution in [3.63, 3.8) is 0 Å². The Morgan fingerprint density at radius 2 is 1.81 bits per heavy atom. The van der Waals surface area contributed by atoms with Crippen LogP contribution in [0.1, 0.15) is 13.8 Å². The zero-order chi connectivity index (χ0) is 12.6. The summed E-state index contributed by atoms with van der Waals surface area (Å²) in [5.74, 6) is -1.14.